The van der Waals surface area contributed by atoms with Gasteiger partial charge in [-0.2, -0.15) is 4.98 Å². The maximum absolute atomic E-state index is 11.3. The fourth-order valence-electron chi connectivity index (χ4n) is 2.94. The zero-order valence-corrected chi connectivity index (χ0v) is 23.3. The minimum Gasteiger partial charge on any atom is -0.383 e. The Balaban J connectivity index is 0.000000278. The van der Waals surface area contributed by atoms with Crippen LogP contribution in [0.1, 0.15) is 67.9 Å². The third kappa shape index (κ3) is 9.21. The molecule has 12 nitrogen and oxygen atoms in total. The molecule has 0 radical (unpaired) electrons. The quantitative estimate of drug-likeness (QED) is 0.405. The molecule has 0 fully saturated rings. The number of rotatable bonds is 0. The van der Waals surface area contributed by atoms with E-state index in [4.69, 9.17) is 5.73 Å². The van der Waals surface area contributed by atoms with E-state index in [9.17, 15) is 24.0 Å². The van der Waals surface area contributed by atoms with Gasteiger partial charge in [0.1, 0.15) is 5.82 Å². The number of aromatic amines is 2. The summed E-state index contributed by atoms with van der Waals surface area (Å²) in [6, 6.07) is 2.96. The standard InChI is InChI=1S/C9H14N2O2.C8H13N3O.C8H12N2O2/c1-6-5-11(9(2,3)4)8(13)10-7(6)12;1-8(2,3)11-5-4-6(9)10-7(11)12;1-8(2,3)10-5-4-6(11)9-7(10)12/h5H,1-4H3,(H,10,12,13);4-5H,1-3H3,(H2,9,10,12);4-5H,1-3H3,(H,9,11,12). The highest BCUT2D eigenvalue weighted by atomic mass is 16.2. The van der Waals surface area contributed by atoms with Crippen LogP contribution >= 0.6 is 0 Å². The molecular weight excluding hydrogens is 478 g/mol. The fourth-order valence-corrected chi connectivity index (χ4v) is 2.94. The van der Waals surface area contributed by atoms with Crippen molar-refractivity contribution in [3.05, 3.63) is 88.4 Å². The highest BCUT2D eigenvalue weighted by Crippen LogP contribution is 2.10. The van der Waals surface area contributed by atoms with E-state index in [1.54, 1.807) is 30.0 Å². The minimum absolute atomic E-state index is 0.238. The fraction of sp³-hybridized carbons (Fsp3) is 0.520. The van der Waals surface area contributed by atoms with Gasteiger partial charge in [-0.3, -0.25) is 33.3 Å². The Labute approximate surface area is 214 Å². The lowest BCUT2D eigenvalue weighted by Crippen LogP contribution is -2.39. The van der Waals surface area contributed by atoms with Crippen LogP contribution in [0.5, 0.6) is 0 Å². The van der Waals surface area contributed by atoms with Crippen molar-refractivity contribution in [2.24, 2.45) is 0 Å². The average molecular weight is 518 g/mol. The van der Waals surface area contributed by atoms with E-state index < -0.39 is 0 Å². The molecule has 37 heavy (non-hydrogen) atoms. The summed E-state index contributed by atoms with van der Waals surface area (Å²) < 4.78 is 4.54. The van der Waals surface area contributed by atoms with Gasteiger partial charge in [0.2, 0.25) is 0 Å². The van der Waals surface area contributed by atoms with Gasteiger partial charge in [-0.25, -0.2) is 14.4 Å². The van der Waals surface area contributed by atoms with Crippen LogP contribution < -0.4 is 33.9 Å². The van der Waals surface area contributed by atoms with E-state index in [2.05, 4.69) is 15.0 Å². The molecule has 0 spiro atoms. The molecule has 4 N–H and O–H groups in total. The van der Waals surface area contributed by atoms with E-state index >= 15 is 0 Å². The molecule has 12 heteroatoms. The summed E-state index contributed by atoms with van der Waals surface area (Å²) in [4.78, 5) is 63.6. The summed E-state index contributed by atoms with van der Waals surface area (Å²) in [6.07, 6.45) is 4.74. The summed E-state index contributed by atoms with van der Waals surface area (Å²) in [5.41, 5.74) is 3.37. The first-order valence-electron chi connectivity index (χ1n) is 11.7. The van der Waals surface area contributed by atoms with Gasteiger partial charge in [0.25, 0.3) is 11.1 Å². The van der Waals surface area contributed by atoms with Crippen molar-refractivity contribution in [2.75, 3.05) is 5.73 Å². The molecule has 0 aliphatic heterocycles. The van der Waals surface area contributed by atoms with Crippen molar-refractivity contribution in [1.29, 1.82) is 0 Å². The van der Waals surface area contributed by atoms with E-state index in [0.717, 1.165) is 0 Å². The minimum atomic E-state index is -0.366. The Morgan fingerprint density at radius 3 is 1.59 bits per heavy atom. The van der Waals surface area contributed by atoms with Crippen LogP contribution in [-0.2, 0) is 16.6 Å². The molecular formula is C25H39N7O5. The molecule has 0 aliphatic carbocycles. The Bertz CT molecular complexity index is 1500. The van der Waals surface area contributed by atoms with Crippen molar-refractivity contribution in [2.45, 2.75) is 85.9 Å². The van der Waals surface area contributed by atoms with Gasteiger partial charge in [0.15, 0.2) is 0 Å². The molecule has 0 unspecified atom stereocenters. The number of nitrogens with zero attached hydrogens (tertiary/aromatic N) is 4. The number of anilines is 1. The van der Waals surface area contributed by atoms with Crippen LogP contribution in [0.4, 0.5) is 5.82 Å². The van der Waals surface area contributed by atoms with Crippen LogP contribution in [0.25, 0.3) is 0 Å². The smallest absolute Gasteiger partial charge is 0.349 e. The number of nitrogens with two attached hydrogens (primary N) is 1. The molecule has 0 bridgehead atoms. The number of nitrogen functional groups attached to an aromatic ring is 1. The number of H-pyrrole nitrogens is 2. The van der Waals surface area contributed by atoms with E-state index in [-0.39, 0.29) is 50.6 Å². The Kier molecular flexibility index (Phi) is 9.57. The number of aryl methyl sites for hydroxylation is 1. The molecule has 0 aliphatic rings. The van der Waals surface area contributed by atoms with Gasteiger partial charge in [-0.1, -0.05) is 0 Å². The van der Waals surface area contributed by atoms with Crippen LogP contribution in [0, 0.1) is 6.92 Å². The topological polar surface area (TPSA) is 171 Å². The zero-order valence-electron chi connectivity index (χ0n) is 23.3. The lowest BCUT2D eigenvalue weighted by molar-refractivity contribution is 0.375. The van der Waals surface area contributed by atoms with Crippen molar-refractivity contribution in [1.82, 2.24) is 28.7 Å². The molecule has 0 atom stereocenters. The molecule has 204 valence electrons. The monoisotopic (exact) mass is 517 g/mol. The summed E-state index contributed by atoms with van der Waals surface area (Å²) in [5, 5.41) is 0. The highest BCUT2D eigenvalue weighted by Gasteiger charge is 2.16. The predicted octanol–water partition coefficient (Wildman–Crippen LogP) is 1.47. The molecule has 0 saturated heterocycles. The lowest BCUT2D eigenvalue weighted by Gasteiger charge is -2.21. The summed E-state index contributed by atoms with van der Waals surface area (Å²) in [7, 11) is 0. The Morgan fingerprint density at radius 1 is 0.703 bits per heavy atom. The van der Waals surface area contributed by atoms with Crippen molar-refractivity contribution in [3.8, 4) is 0 Å². The molecule has 3 heterocycles. The van der Waals surface area contributed by atoms with Crippen molar-refractivity contribution < 1.29 is 0 Å². The summed E-state index contributed by atoms with van der Waals surface area (Å²) in [5.74, 6) is 0.264. The molecule has 3 rings (SSSR count). The van der Waals surface area contributed by atoms with Crippen LogP contribution in [0.15, 0.2) is 54.7 Å². The first-order valence-corrected chi connectivity index (χ1v) is 11.7. The van der Waals surface area contributed by atoms with Gasteiger partial charge in [0, 0.05) is 46.8 Å². The van der Waals surface area contributed by atoms with Gasteiger partial charge in [-0.05, 0) is 75.3 Å². The Hall–Kier alpha value is -3.96. The molecule has 0 aromatic carbocycles. The lowest BCUT2D eigenvalue weighted by atomic mass is 10.1. The maximum Gasteiger partial charge on any atom is 0.349 e. The number of nitrogens with one attached hydrogen (secondary N) is 2. The van der Waals surface area contributed by atoms with Crippen molar-refractivity contribution >= 4 is 5.82 Å². The SMILES string of the molecule is CC(C)(C)n1ccc(=O)[nH]c1=O.CC(C)(C)n1ccc(N)nc1=O.Cc1cn(C(C)(C)C)c(=O)[nH]c1=O. The highest BCUT2D eigenvalue weighted by molar-refractivity contribution is 5.23. The number of hydrogen-bond acceptors (Lipinski definition) is 7. The van der Waals surface area contributed by atoms with E-state index in [1.807, 2.05) is 62.3 Å². The molecule has 0 saturated carbocycles. The summed E-state index contributed by atoms with van der Waals surface area (Å²) >= 11 is 0. The molecule has 3 aromatic heterocycles. The Morgan fingerprint density at radius 2 is 1.16 bits per heavy atom. The largest absolute Gasteiger partial charge is 0.383 e. The normalized spacial score (nSPS) is 11.6. The third-order valence-corrected chi connectivity index (χ3v) is 4.94. The predicted molar refractivity (Wildman–Crippen MR) is 145 cm³/mol. The summed E-state index contributed by atoms with van der Waals surface area (Å²) in [6.45, 7) is 18.9. The molecule has 0 amide bonds. The number of aromatic nitrogens is 6. The third-order valence-electron chi connectivity index (χ3n) is 4.94. The number of hydrogen-bond donors (Lipinski definition) is 3. The van der Waals surface area contributed by atoms with Gasteiger partial charge in [0.05, 0.1) is 0 Å². The van der Waals surface area contributed by atoms with Crippen LogP contribution in [0.2, 0.25) is 0 Å². The van der Waals surface area contributed by atoms with E-state index in [1.165, 1.54) is 21.4 Å². The van der Waals surface area contributed by atoms with Gasteiger partial charge in [-0.15, -0.1) is 0 Å². The first-order chi connectivity index (χ1) is 16.6. The molecule has 3 aromatic rings. The second-order valence-corrected chi connectivity index (χ2v) is 11.4. The van der Waals surface area contributed by atoms with E-state index in [0.29, 0.717) is 5.56 Å². The van der Waals surface area contributed by atoms with Crippen LogP contribution in [0.3, 0.4) is 0 Å². The van der Waals surface area contributed by atoms with Crippen molar-refractivity contribution in [3.63, 3.8) is 0 Å². The maximum atomic E-state index is 11.3. The van der Waals surface area contributed by atoms with Gasteiger partial charge >= 0.3 is 17.1 Å². The zero-order chi connectivity index (χ0) is 28.9. The van der Waals surface area contributed by atoms with Gasteiger partial charge < -0.3 is 5.73 Å². The average Bonchev–Trinajstić information content (AvgIpc) is 2.68. The second kappa shape index (κ2) is 11.4. The second-order valence-electron chi connectivity index (χ2n) is 11.4. The first kappa shape index (κ1) is 31.1. The van der Waals surface area contributed by atoms with Crippen LogP contribution in [-0.4, -0.2) is 28.7 Å².